The molecular weight excluding hydrogens is 272 g/mol. The van der Waals surface area contributed by atoms with Crippen LogP contribution < -0.4 is 10.2 Å². The van der Waals surface area contributed by atoms with E-state index < -0.39 is 0 Å². The molecule has 2 heterocycles. The van der Waals surface area contributed by atoms with Crippen molar-refractivity contribution in [3.8, 4) is 0 Å². The maximum atomic E-state index is 11.7. The molecule has 1 aliphatic heterocycles. The molecule has 1 aromatic rings. The van der Waals surface area contributed by atoms with Gasteiger partial charge in [-0.25, -0.2) is 9.97 Å². The Bertz CT molecular complexity index is 381. The molecule has 1 unspecified atom stereocenters. The lowest BCUT2D eigenvalue weighted by Gasteiger charge is -2.34. The SMILES string of the molecule is CCC1C(=O)NCCN1c1ncc(Br)cn1. The minimum atomic E-state index is -0.157. The summed E-state index contributed by atoms with van der Waals surface area (Å²) in [5, 5.41) is 2.85. The van der Waals surface area contributed by atoms with Crippen LogP contribution in [0, 0.1) is 0 Å². The van der Waals surface area contributed by atoms with E-state index in [1.165, 1.54) is 0 Å². The molecule has 86 valence electrons. The molecule has 1 N–H and O–H groups in total. The van der Waals surface area contributed by atoms with Crippen LogP contribution in [0.25, 0.3) is 0 Å². The van der Waals surface area contributed by atoms with Gasteiger partial charge >= 0.3 is 0 Å². The zero-order valence-corrected chi connectivity index (χ0v) is 10.6. The van der Waals surface area contributed by atoms with Gasteiger partial charge in [0.1, 0.15) is 6.04 Å². The Morgan fingerprint density at radius 1 is 1.56 bits per heavy atom. The Morgan fingerprint density at radius 2 is 2.25 bits per heavy atom. The van der Waals surface area contributed by atoms with E-state index >= 15 is 0 Å². The molecule has 0 spiro atoms. The maximum absolute atomic E-state index is 11.7. The van der Waals surface area contributed by atoms with E-state index in [2.05, 4.69) is 31.2 Å². The summed E-state index contributed by atoms with van der Waals surface area (Å²) in [7, 11) is 0. The van der Waals surface area contributed by atoms with Gasteiger partial charge in [-0.2, -0.15) is 0 Å². The summed E-state index contributed by atoms with van der Waals surface area (Å²) >= 11 is 3.29. The van der Waals surface area contributed by atoms with E-state index in [0.717, 1.165) is 17.4 Å². The lowest BCUT2D eigenvalue weighted by Crippen LogP contribution is -2.55. The highest BCUT2D eigenvalue weighted by Gasteiger charge is 2.29. The molecule has 0 aliphatic carbocycles. The molecule has 0 saturated carbocycles. The largest absolute Gasteiger partial charge is 0.353 e. The predicted molar refractivity (Wildman–Crippen MR) is 64.2 cm³/mol. The second kappa shape index (κ2) is 4.78. The summed E-state index contributed by atoms with van der Waals surface area (Å²) in [5.41, 5.74) is 0. The molecule has 5 nitrogen and oxygen atoms in total. The van der Waals surface area contributed by atoms with Gasteiger partial charge in [-0.3, -0.25) is 4.79 Å². The number of aromatic nitrogens is 2. The van der Waals surface area contributed by atoms with Gasteiger partial charge in [0, 0.05) is 25.5 Å². The molecular formula is C10H13BrN4O. The highest BCUT2D eigenvalue weighted by Crippen LogP contribution is 2.17. The van der Waals surface area contributed by atoms with Gasteiger partial charge in [-0.15, -0.1) is 0 Å². The molecule has 1 aromatic heterocycles. The molecule has 1 saturated heterocycles. The average molecular weight is 285 g/mol. The second-order valence-corrected chi connectivity index (χ2v) is 4.53. The van der Waals surface area contributed by atoms with Gasteiger partial charge in [0.15, 0.2) is 0 Å². The van der Waals surface area contributed by atoms with Crippen molar-refractivity contribution in [3.05, 3.63) is 16.9 Å². The number of nitrogens with zero attached hydrogens (tertiary/aromatic N) is 3. The predicted octanol–water partition coefficient (Wildman–Crippen LogP) is 0.954. The number of carbonyl (C=O) groups is 1. The number of carbonyl (C=O) groups excluding carboxylic acids is 1. The average Bonchev–Trinajstić information content (AvgIpc) is 2.30. The quantitative estimate of drug-likeness (QED) is 0.879. The highest BCUT2D eigenvalue weighted by molar-refractivity contribution is 9.10. The number of anilines is 1. The maximum Gasteiger partial charge on any atom is 0.242 e. The van der Waals surface area contributed by atoms with Gasteiger partial charge in [0.25, 0.3) is 0 Å². The van der Waals surface area contributed by atoms with Crippen LogP contribution in [0.5, 0.6) is 0 Å². The third-order valence-electron chi connectivity index (χ3n) is 2.58. The number of rotatable bonds is 2. The number of hydrogen-bond acceptors (Lipinski definition) is 4. The lowest BCUT2D eigenvalue weighted by atomic mass is 10.1. The minimum Gasteiger partial charge on any atom is -0.353 e. The van der Waals surface area contributed by atoms with Crippen molar-refractivity contribution in [3.63, 3.8) is 0 Å². The molecule has 0 bridgehead atoms. The summed E-state index contributed by atoms with van der Waals surface area (Å²) in [6.07, 6.45) is 4.15. The molecule has 6 heteroatoms. The number of piperazine rings is 1. The molecule has 1 aliphatic rings. The van der Waals surface area contributed by atoms with Crippen molar-refractivity contribution in [1.29, 1.82) is 0 Å². The molecule has 16 heavy (non-hydrogen) atoms. The molecule has 1 amide bonds. The highest BCUT2D eigenvalue weighted by atomic mass is 79.9. The van der Waals surface area contributed by atoms with E-state index in [0.29, 0.717) is 12.5 Å². The van der Waals surface area contributed by atoms with Crippen LogP contribution in [0.4, 0.5) is 5.95 Å². The summed E-state index contributed by atoms with van der Waals surface area (Å²) in [6, 6.07) is -0.157. The van der Waals surface area contributed by atoms with Crippen molar-refractivity contribution in [2.75, 3.05) is 18.0 Å². The lowest BCUT2D eigenvalue weighted by molar-refractivity contribution is -0.123. The first-order valence-corrected chi connectivity index (χ1v) is 6.03. The van der Waals surface area contributed by atoms with Gasteiger partial charge in [-0.05, 0) is 22.4 Å². The number of nitrogens with one attached hydrogen (secondary N) is 1. The van der Waals surface area contributed by atoms with Gasteiger partial charge in [0.2, 0.25) is 11.9 Å². The summed E-state index contributed by atoms with van der Waals surface area (Å²) in [5.74, 6) is 0.671. The Balaban J connectivity index is 2.24. The van der Waals surface area contributed by atoms with Crippen molar-refractivity contribution < 1.29 is 4.79 Å². The Hall–Kier alpha value is -1.17. The first-order valence-electron chi connectivity index (χ1n) is 5.24. The van der Waals surface area contributed by atoms with E-state index in [-0.39, 0.29) is 11.9 Å². The van der Waals surface area contributed by atoms with Crippen LogP contribution in [0.3, 0.4) is 0 Å². The third kappa shape index (κ3) is 2.16. The summed E-state index contributed by atoms with van der Waals surface area (Å²) in [6.45, 7) is 3.39. The standard InChI is InChI=1S/C10H13BrN4O/c1-2-8-9(16)12-3-4-15(8)10-13-5-7(11)6-14-10/h5-6,8H,2-4H2,1H3,(H,12,16). The smallest absolute Gasteiger partial charge is 0.242 e. The van der Waals surface area contributed by atoms with Crippen LogP contribution in [-0.4, -0.2) is 35.0 Å². The van der Waals surface area contributed by atoms with Crippen molar-refractivity contribution >= 4 is 27.8 Å². The van der Waals surface area contributed by atoms with E-state index in [1.54, 1.807) is 12.4 Å². The second-order valence-electron chi connectivity index (χ2n) is 3.61. The zero-order valence-electron chi connectivity index (χ0n) is 8.98. The minimum absolute atomic E-state index is 0.0558. The number of amides is 1. The van der Waals surface area contributed by atoms with Crippen molar-refractivity contribution in [1.82, 2.24) is 15.3 Å². The number of halogens is 1. The van der Waals surface area contributed by atoms with Crippen LogP contribution in [0.2, 0.25) is 0 Å². The van der Waals surface area contributed by atoms with Crippen LogP contribution in [0.15, 0.2) is 16.9 Å². The van der Waals surface area contributed by atoms with Crippen LogP contribution >= 0.6 is 15.9 Å². The summed E-state index contributed by atoms with van der Waals surface area (Å²) in [4.78, 5) is 22.1. The molecule has 1 fully saturated rings. The van der Waals surface area contributed by atoms with Crippen LogP contribution in [0.1, 0.15) is 13.3 Å². The van der Waals surface area contributed by atoms with E-state index in [4.69, 9.17) is 0 Å². The fourth-order valence-corrected chi connectivity index (χ4v) is 2.02. The van der Waals surface area contributed by atoms with Gasteiger partial charge in [-0.1, -0.05) is 6.92 Å². The van der Waals surface area contributed by atoms with Crippen molar-refractivity contribution in [2.45, 2.75) is 19.4 Å². The molecule has 0 radical (unpaired) electrons. The van der Waals surface area contributed by atoms with Gasteiger partial charge < -0.3 is 10.2 Å². The number of hydrogen-bond donors (Lipinski definition) is 1. The van der Waals surface area contributed by atoms with Crippen LogP contribution in [-0.2, 0) is 4.79 Å². The Kier molecular flexibility index (Phi) is 3.38. The molecule has 2 rings (SSSR count). The third-order valence-corrected chi connectivity index (χ3v) is 2.99. The first-order chi connectivity index (χ1) is 7.72. The fraction of sp³-hybridized carbons (Fsp3) is 0.500. The topological polar surface area (TPSA) is 58.1 Å². The van der Waals surface area contributed by atoms with Crippen molar-refractivity contribution in [2.24, 2.45) is 0 Å². The summed E-state index contributed by atoms with van der Waals surface area (Å²) < 4.78 is 0.839. The zero-order chi connectivity index (χ0) is 11.5. The monoisotopic (exact) mass is 284 g/mol. The Morgan fingerprint density at radius 3 is 2.88 bits per heavy atom. The van der Waals surface area contributed by atoms with Gasteiger partial charge in [0.05, 0.1) is 4.47 Å². The normalized spacial score (nSPS) is 20.8. The van der Waals surface area contributed by atoms with E-state index in [9.17, 15) is 4.79 Å². The first kappa shape index (κ1) is 11.3. The fourth-order valence-electron chi connectivity index (χ4n) is 1.81. The molecule has 0 aromatic carbocycles. The molecule has 1 atom stereocenters. The van der Waals surface area contributed by atoms with E-state index in [1.807, 2.05) is 11.8 Å². The Labute approximate surface area is 102 Å².